The highest BCUT2D eigenvalue weighted by Gasteiger charge is 2.17. The van der Waals surface area contributed by atoms with Gasteiger partial charge < -0.3 is 15.4 Å². The number of hydrogen-bond acceptors (Lipinski definition) is 7. The van der Waals surface area contributed by atoms with E-state index in [0.717, 1.165) is 16.4 Å². The number of nitrogens with one attached hydrogen (secondary N) is 2. The van der Waals surface area contributed by atoms with Crippen LogP contribution in [0.2, 0.25) is 0 Å². The van der Waals surface area contributed by atoms with Gasteiger partial charge in [0, 0.05) is 17.4 Å². The first-order chi connectivity index (χ1) is 13.6. The minimum Gasteiger partial charge on any atom is -0.497 e. The van der Waals surface area contributed by atoms with E-state index in [0.29, 0.717) is 16.6 Å². The number of aromatic nitrogens is 2. The van der Waals surface area contributed by atoms with Crippen molar-refractivity contribution in [2.24, 2.45) is 0 Å². The molecular formula is C20H22N4O2S2. The number of amides is 1. The van der Waals surface area contributed by atoms with Gasteiger partial charge in [-0.1, -0.05) is 48.2 Å². The topological polar surface area (TPSA) is 76.1 Å². The van der Waals surface area contributed by atoms with Crippen molar-refractivity contribution in [2.75, 3.05) is 17.7 Å². The van der Waals surface area contributed by atoms with Crippen LogP contribution in [0, 0.1) is 0 Å². The van der Waals surface area contributed by atoms with Gasteiger partial charge in [-0.15, -0.1) is 10.2 Å². The number of nitrogens with zero attached hydrogens (tertiary/aromatic N) is 2. The first kappa shape index (κ1) is 20.2. The maximum Gasteiger partial charge on any atom is 0.237 e. The molecule has 1 heterocycles. The fourth-order valence-electron chi connectivity index (χ4n) is 2.40. The lowest BCUT2D eigenvalue weighted by Crippen LogP contribution is -2.22. The number of ether oxygens (including phenoxy) is 1. The van der Waals surface area contributed by atoms with Crippen molar-refractivity contribution in [1.29, 1.82) is 0 Å². The average Bonchev–Trinajstić information content (AvgIpc) is 3.15. The van der Waals surface area contributed by atoms with Gasteiger partial charge in [0.15, 0.2) is 4.34 Å². The molecule has 0 saturated heterocycles. The zero-order valence-corrected chi connectivity index (χ0v) is 17.6. The molecule has 0 aliphatic rings. The standard InChI is InChI=1S/C20H22N4O2S2/c1-4-14-8-10-15(11-9-14)22-19-23-24-20(28-19)27-13(2)18(25)21-16-6-5-7-17(12-16)26-3/h5-13H,4H2,1-3H3,(H,21,25)(H,22,23)/t13-/m0/s1. The summed E-state index contributed by atoms with van der Waals surface area (Å²) in [6, 6.07) is 15.5. The van der Waals surface area contributed by atoms with E-state index >= 15 is 0 Å². The van der Waals surface area contributed by atoms with Crippen LogP contribution >= 0.6 is 23.1 Å². The molecule has 3 rings (SSSR count). The number of anilines is 3. The van der Waals surface area contributed by atoms with E-state index in [4.69, 9.17) is 4.74 Å². The molecule has 6 nitrogen and oxygen atoms in total. The molecule has 0 spiro atoms. The minimum absolute atomic E-state index is 0.0990. The van der Waals surface area contributed by atoms with E-state index in [9.17, 15) is 4.79 Å². The third-order valence-corrected chi connectivity index (χ3v) is 6.03. The van der Waals surface area contributed by atoms with Gasteiger partial charge in [0.25, 0.3) is 0 Å². The van der Waals surface area contributed by atoms with Gasteiger partial charge in [-0.05, 0) is 43.2 Å². The third-order valence-electron chi connectivity index (χ3n) is 4.00. The Labute approximate surface area is 172 Å². The second-order valence-electron chi connectivity index (χ2n) is 6.03. The predicted molar refractivity (Wildman–Crippen MR) is 116 cm³/mol. The second-order valence-corrected chi connectivity index (χ2v) is 8.60. The first-order valence-electron chi connectivity index (χ1n) is 8.88. The summed E-state index contributed by atoms with van der Waals surface area (Å²) in [7, 11) is 1.60. The van der Waals surface area contributed by atoms with Crippen LogP contribution in [-0.2, 0) is 11.2 Å². The number of aryl methyl sites for hydroxylation is 1. The maximum atomic E-state index is 12.4. The SMILES string of the molecule is CCc1ccc(Nc2nnc(S[C@@H](C)C(=O)Nc3cccc(OC)c3)s2)cc1. The van der Waals surface area contributed by atoms with Gasteiger partial charge >= 0.3 is 0 Å². The van der Waals surface area contributed by atoms with Crippen LogP contribution < -0.4 is 15.4 Å². The summed E-state index contributed by atoms with van der Waals surface area (Å²) in [5, 5.41) is 14.9. The lowest BCUT2D eigenvalue weighted by atomic mass is 10.1. The first-order valence-corrected chi connectivity index (χ1v) is 10.6. The normalized spacial score (nSPS) is 11.7. The number of rotatable bonds is 8. The van der Waals surface area contributed by atoms with Crippen molar-refractivity contribution in [2.45, 2.75) is 29.9 Å². The fraction of sp³-hybridized carbons (Fsp3) is 0.250. The molecule has 146 valence electrons. The fourth-order valence-corrected chi connectivity index (χ4v) is 4.32. The molecule has 0 aliphatic carbocycles. The number of carbonyl (C=O) groups is 1. The highest BCUT2D eigenvalue weighted by molar-refractivity contribution is 8.02. The molecule has 0 radical (unpaired) electrons. The van der Waals surface area contributed by atoms with E-state index in [2.05, 4.69) is 39.9 Å². The van der Waals surface area contributed by atoms with E-state index < -0.39 is 0 Å². The van der Waals surface area contributed by atoms with Crippen molar-refractivity contribution in [1.82, 2.24) is 10.2 Å². The molecule has 0 unspecified atom stereocenters. The van der Waals surface area contributed by atoms with E-state index in [-0.39, 0.29) is 11.2 Å². The smallest absolute Gasteiger partial charge is 0.237 e. The predicted octanol–water partition coefficient (Wildman–Crippen LogP) is 4.97. The molecule has 0 fully saturated rings. The Hall–Kier alpha value is -2.58. The summed E-state index contributed by atoms with van der Waals surface area (Å²) < 4.78 is 5.91. The van der Waals surface area contributed by atoms with Crippen molar-refractivity contribution in [3.8, 4) is 5.75 Å². The van der Waals surface area contributed by atoms with Gasteiger partial charge in [0.1, 0.15) is 5.75 Å². The van der Waals surface area contributed by atoms with Gasteiger partial charge in [-0.25, -0.2) is 0 Å². The van der Waals surface area contributed by atoms with Crippen molar-refractivity contribution in [3.05, 3.63) is 54.1 Å². The zero-order chi connectivity index (χ0) is 19.9. The Kier molecular flexibility index (Phi) is 6.89. The van der Waals surface area contributed by atoms with Crippen molar-refractivity contribution >= 4 is 45.5 Å². The monoisotopic (exact) mass is 414 g/mol. The maximum absolute atomic E-state index is 12.4. The molecule has 3 aromatic rings. The summed E-state index contributed by atoms with van der Waals surface area (Å²) in [6.45, 7) is 3.97. The van der Waals surface area contributed by atoms with E-state index in [1.165, 1.54) is 28.7 Å². The molecule has 0 aliphatic heterocycles. The Morgan fingerprint density at radius 1 is 1.18 bits per heavy atom. The number of methoxy groups -OCH3 is 1. The van der Waals surface area contributed by atoms with Crippen molar-refractivity contribution < 1.29 is 9.53 Å². The molecule has 28 heavy (non-hydrogen) atoms. The highest BCUT2D eigenvalue weighted by atomic mass is 32.2. The molecule has 1 atom stereocenters. The molecular weight excluding hydrogens is 392 g/mol. The summed E-state index contributed by atoms with van der Waals surface area (Å²) in [5.41, 5.74) is 2.95. The van der Waals surface area contributed by atoms with Crippen molar-refractivity contribution in [3.63, 3.8) is 0 Å². The molecule has 0 saturated carbocycles. The molecule has 2 aromatic carbocycles. The van der Waals surface area contributed by atoms with Gasteiger partial charge in [-0.3, -0.25) is 4.79 Å². The Morgan fingerprint density at radius 3 is 2.68 bits per heavy atom. The van der Waals surface area contributed by atoms with Crippen LogP contribution in [0.5, 0.6) is 5.75 Å². The summed E-state index contributed by atoms with van der Waals surface area (Å²) >= 11 is 2.81. The van der Waals surface area contributed by atoms with Gasteiger partial charge in [0.05, 0.1) is 12.4 Å². The lowest BCUT2D eigenvalue weighted by Gasteiger charge is -2.11. The van der Waals surface area contributed by atoms with Crippen LogP contribution in [0.4, 0.5) is 16.5 Å². The van der Waals surface area contributed by atoms with Gasteiger partial charge in [0.2, 0.25) is 11.0 Å². The third kappa shape index (κ3) is 5.46. The van der Waals surface area contributed by atoms with Crippen LogP contribution in [-0.4, -0.2) is 28.5 Å². The van der Waals surface area contributed by atoms with Gasteiger partial charge in [-0.2, -0.15) is 0 Å². The largest absolute Gasteiger partial charge is 0.497 e. The summed E-state index contributed by atoms with van der Waals surface area (Å²) in [6.07, 6.45) is 1.01. The summed E-state index contributed by atoms with van der Waals surface area (Å²) in [4.78, 5) is 12.4. The van der Waals surface area contributed by atoms with E-state index in [1.54, 1.807) is 13.2 Å². The summed E-state index contributed by atoms with van der Waals surface area (Å²) in [5.74, 6) is 0.600. The average molecular weight is 415 g/mol. The molecule has 8 heteroatoms. The molecule has 2 N–H and O–H groups in total. The molecule has 1 amide bonds. The number of benzene rings is 2. The Morgan fingerprint density at radius 2 is 1.96 bits per heavy atom. The number of thioether (sulfide) groups is 1. The van der Waals surface area contributed by atoms with Crippen LogP contribution in [0.15, 0.2) is 52.9 Å². The lowest BCUT2D eigenvalue weighted by molar-refractivity contribution is -0.115. The number of hydrogen-bond donors (Lipinski definition) is 2. The Bertz CT molecular complexity index is 928. The second kappa shape index (κ2) is 9.57. The Balaban J connectivity index is 1.56. The zero-order valence-electron chi connectivity index (χ0n) is 15.9. The highest BCUT2D eigenvalue weighted by Crippen LogP contribution is 2.31. The minimum atomic E-state index is -0.309. The quantitative estimate of drug-likeness (QED) is 0.507. The number of carbonyl (C=O) groups excluding carboxylic acids is 1. The van der Waals surface area contributed by atoms with Crippen LogP contribution in [0.25, 0.3) is 0 Å². The van der Waals surface area contributed by atoms with E-state index in [1.807, 2.05) is 37.3 Å². The molecule has 1 aromatic heterocycles. The molecule has 0 bridgehead atoms. The van der Waals surface area contributed by atoms with Crippen LogP contribution in [0.1, 0.15) is 19.4 Å². The van der Waals surface area contributed by atoms with Crippen LogP contribution in [0.3, 0.4) is 0 Å².